The highest BCUT2D eigenvalue weighted by Gasteiger charge is 2.34. The van der Waals surface area contributed by atoms with E-state index >= 15 is 0 Å². The summed E-state index contributed by atoms with van der Waals surface area (Å²) < 4.78 is 32.3. The molecule has 2 amide bonds. The molecule has 0 radical (unpaired) electrons. The molecule has 27 heavy (non-hydrogen) atoms. The number of carbonyl (C=O) groups is 2. The second-order valence-electron chi connectivity index (χ2n) is 6.04. The third kappa shape index (κ3) is 3.06. The molecule has 6 heteroatoms. The van der Waals surface area contributed by atoms with Crippen LogP contribution in [0.1, 0.15) is 26.3 Å². The number of fused-ring (bicyclic) bond motifs is 1. The van der Waals surface area contributed by atoms with Crippen LogP contribution in [-0.2, 0) is 6.54 Å². The normalized spacial score (nSPS) is 13.0. The summed E-state index contributed by atoms with van der Waals surface area (Å²) in [5.74, 6) is -2.63. The minimum Gasteiger partial charge on any atom is -0.454 e. The van der Waals surface area contributed by atoms with Gasteiger partial charge in [0.2, 0.25) is 5.82 Å². The molecule has 0 saturated carbocycles. The first-order valence-electron chi connectivity index (χ1n) is 8.20. The van der Waals surface area contributed by atoms with Gasteiger partial charge in [-0.1, -0.05) is 30.3 Å². The number of ether oxygens (including phenoxy) is 1. The number of amides is 2. The Kier molecular flexibility index (Phi) is 4.16. The summed E-state index contributed by atoms with van der Waals surface area (Å²) in [4.78, 5) is 26.0. The lowest BCUT2D eigenvalue weighted by Gasteiger charge is -2.14. The molecule has 0 aliphatic carbocycles. The van der Waals surface area contributed by atoms with Crippen molar-refractivity contribution < 1.29 is 23.1 Å². The van der Waals surface area contributed by atoms with Crippen LogP contribution >= 0.6 is 0 Å². The van der Waals surface area contributed by atoms with Crippen molar-refractivity contribution in [2.45, 2.75) is 6.54 Å². The van der Waals surface area contributed by atoms with Gasteiger partial charge in [-0.15, -0.1) is 0 Å². The van der Waals surface area contributed by atoms with Crippen molar-refractivity contribution in [3.63, 3.8) is 0 Å². The van der Waals surface area contributed by atoms with E-state index in [1.165, 1.54) is 17.0 Å². The van der Waals surface area contributed by atoms with E-state index in [9.17, 15) is 18.4 Å². The van der Waals surface area contributed by atoms with Gasteiger partial charge in [0.15, 0.2) is 11.6 Å². The van der Waals surface area contributed by atoms with Gasteiger partial charge in [-0.05, 0) is 42.0 Å². The molecule has 4 rings (SSSR count). The Labute approximate surface area is 153 Å². The second-order valence-corrected chi connectivity index (χ2v) is 6.04. The first kappa shape index (κ1) is 16.9. The van der Waals surface area contributed by atoms with Crippen LogP contribution in [0.5, 0.6) is 11.5 Å². The van der Waals surface area contributed by atoms with Gasteiger partial charge in [0, 0.05) is 0 Å². The van der Waals surface area contributed by atoms with Crippen LogP contribution in [0.15, 0.2) is 66.7 Å². The van der Waals surface area contributed by atoms with E-state index in [0.717, 1.165) is 6.07 Å². The standard InChI is InChI=1S/C21H13F2NO3/c22-17-6-3-7-18(19(17)23)27-14-10-8-13(9-11-14)12-24-20(25)15-4-1-2-5-16(15)21(24)26/h1-11H,12H2. The van der Waals surface area contributed by atoms with Crippen LogP contribution in [0.4, 0.5) is 8.78 Å². The molecular weight excluding hydrogens is 352 g/mol. The summed E-state index contributed by atoms with van der Waals surface area (Å²) in [6, 6.07) is 16.8. The molecule has 0 spiro atoms. The van der Waals surface area contributed by atoms with Crippen molar-refractivity contribution >= 4 is 11.8 Å². The molecule has 1 heterocycles. The van der Waals surface area contributed by atoms with E-state index in [0.29, 0.717) is 22.4 Å². The molecule has 0 N–H and O–H groups in total. The Balaban J connectivity index is 1.50. The summed E-state index contributed by atoms with van der Waals surface area (Å²) in [5, 5.41) is 0. The molecule has 0 bridgehead atoms. The SMILES string of the molecule is O=C1c2ccccc2C(=O)N1Cc1ccc(Oc2cccc(F)c2F)cc1. The maximum atomic E-state index is 13.7. The van der Waals surface area contributed by atoms with Gasteiger partial charge in [0.25, 0.3) is 11.8 Å². The van der Waals surface area contributed by atoms with Crippen molar-refractivity contribution in [3.05, 3.63) is 95.1 Å². The van der Waals surface area contributed by atoms with E-state index in [1.54, 1.807) is 48.5 Å². The summed E-state index contributed by atoms with van der Waals surface area (Å²) in [7, 11) is 0. The van der Waals surface area contributed by atoms with Gasteiger partial charge >= 0.3 is 0 Å². The van der Waals surface area contributed by atoms with Crippen molar-refractivity contribution in [1.82, 2.24) is 4.90 Å². The number of rotatable bonds is 4. The Morgan fingerprint density at radius 1 is 0.778 bits per heavy atom. The predicted molar refractivity (Wildman–Crippen MR) is 93.5 cm³/mol. The topological polar surface area (TPSA) is 46.6 Å². The van der Waals surface area contributed by atoms with Crippen molar-refractivity contribution in [1.29, 1.82) is 0 Å². The molecule has 0 saturated heterocycles. The molecular formula is C21H13F2NO3. The summed E-state index contributed by atoms with van der Waals surface area (Å²) in [5.41, 5.74) is 1.49. The molecule has 1 aliphatic heterocycles. The van der Waals surface area contributed by atoms with E-state index in [4.69, 9.17) is 4.74 Å². The van der Waals surface area contributed by atoms with E-state index in [-0.39, 0.29) is 24.1 Å². The van der Waals surface area contributed by atoms with Gasteiger partial charge < -0.3 is 4.74 Å². The lowest BCUT2D eigenvalue weighted by atomic mass is 10.1. The van der Waals surface area contributed by atoms with E-state index in [2.05, 4.69) is 0 Å². The maximum Gasteiger partial charge on any atom is 0.261 e. The average molecular weight is 365 g/mol. The fourth-order valence-corrected chi connectivity index (χ4v) is 2.92. The van der Waals surface area contributed by atoms with Gasteiger partial charge in [-0.3, -0.25) is 14.5 Å². The fourth-order valence-electron chi connectivity index (χ4n) is 2.92. The van der Waals surface area contributed by atoms with Crippen molar-refractivity contribution in [3.8, 4) is 11.5 Å². The number of halogens is 2. The predicted octanol–water partition coefficient (Wildman–Crippen LogP) is 4.55. The highest BCUT2D eigenvalue weighted by molar-refractivity contribution is 6.21. The van der Waals surface area contributed by atoms with Crippen LogP contribution < -0.4 is 4.74 Å². The van der Waals surface area contributed by atoms with Gasteiger partial charge in [-0.25, -0.2) is 4.39 Å². The first-order valence-corrected chi connectivity index (χ1v) is 8.20. The van der Waals surface area contributed by atoms with Crippen LogP contribution in [0, 0.1) is 11.6 Å². The Morgan fingerprint density at radius 3 is 2.04 bits per heavy atom. The molecule has 0 aromatic heterocycles. The van der Waals surface area contributed by atoms with Crippen LogP contribution in [0.3, 0.4) is 0 Å². The zero-order chi connectivity index (χ0) is 19.0. The lowest BCUT2D eigenvalue weighted by molar-refractivity contribution is 0.0642. The van der Waals surface area contributed by atoms with E-state index < -0.39 is 11.6 Å². The third-order valence-corrected chi connectivity index (χ3v) is 4.29. The molecule has 134 valence electrons. The van der Waals surface area contributed by atoms with Gasteiger partial charge in [0.05, 0.1) is 17.7 Å². The van der Waals surface area contributed by atoms with Crippen LogP contribution in [0.2, 0.25) is 0 Å². The zero-order valence-corrected chi connectivity index (χ0v) is 14.0. The monoisotopic (exact) mass is 365 g/mol. The van der Waals surface area contributed by atoms with Crippen LogP contribution in [0.25, 0.3) is 0 Å². The number of carbonyl (C=O) groups excluding carboxylic acids is 2. The zero-order valence-electron chi connectivity index (χ0n) is 14.0. The number of hydrogen-bond donors (Lipinski definition) is 0. The molecule has 3 aromatic carbocycles. The minimum absolute atomic E-state index is 0.112. The number of hydrogen-bond acceptors (Lipinski definition) is 3. The first-order chi connectivity index (χ1) is 13.0. The van der Waals surface area contributed by atoms with E-state index in [1.807, 2.05) is 0 Å². The highest BCUT2D eigenvalue weighted by Crippen LogP contribution is 2.27. The molecule has 3 aromatic rings. The third-order valence-electron chi connectivity index (χ3n) is 4.29. The number of nitrogens with zero attached hydrogens (tertiary/aromatic N) is 1. The van der Waals surface area contributed by atoms with Crippen molar-refractivity contribution in [2.75, 3.05) is 0 Å². The molecule has 4 nitrogen and oxygen atoms in total. The summed E-state index contributed by atoms with van der Waals surface area (Å²) >= 11 is 0. The molecule has 0 atom stereocenters. The summed E-state index contributed by atoms with van der Waals surface area (Å²) in [6.07, 6.45) is 0. The lowest BCUT2D eigenvalue weighted by Crippen LogP contribution is -2.29. The van der Waals surface area contributed by atoms with Gasteiger partial charge in [0.1, 0.15) is 5.75 Å². The molecule has 1 aliphatic rings. The summed E-state index contributed by atoms with van der Waals surface area (Å²) in [6.45, 7) is 0.112. The Hall–Kier alpha value is -3.54. The highest BCUT2D eigenvalue weighted by atomic mass is 19.2. The fraction of sp³-hybridized carbons (Fsp3) is 0.0476. The Morgan fingerprint density at radius 2 is 1.41 bits per heavy atom. The second kappa shape index (κ2) is 6.64. The van der Waals surface area contributed by atoms with Crippen LogP contribution in [-0.4, -0.2) is 16.7 Å². The molecule has 0 unspecified atom stereocenters. The minimum atomic E-state index is -1.06. The quantitative estimate of drug-likeness (QED) is 0.637. The smallest absolute Gasteiger partial charge is 0.261 e. The molecule has 0 fully saturated rings. The Bertz CT molecular complexity index is 1010. The number of imide groups is 1. The number of benzene rings is 3. The van der Waals surface area contributed by atoms with Gasteiger partial charge in [-0.2, -0.15) is 4.39 Å². The largest absolute Gasteiger partial charge is 0.454 e. The maximum absolute atomic E-state index is 13.7. The van der Waals surface area contributed by atoms with Crippen molar-refractivity contribution in [2.24, 2.45) is 0 Å². The average Bonchev–Trinajstić information content (AvgIpc) is 2.92.